The van der Waals surface area contributed by atoms with E-state index < -0.39 is 0 Å². The predicted octanol–water partition coefficient (Wildman–Crippen LogP) is 3.36. The summed E-state index contributed by atoms with van der Waals surface area (Å²) in [6, 6.07) is 10.1. The highest BCUT2D eigenvalue weighted by Gasteiger charge is 2.15. The smallest absolute Gasteiger partial charge is 0.155 e. The summed E-state index contributed by atoms with van der Waals surface area (Å²) in [5.41, 5.74) is 1.01. The normalized spacial score (nSPS) is 13.9. The molecule has 84 valence electrons. The Kier molecular flexibility index (Phi) is 4.30. The topological polar surface area (TPSA) is 18.5 Å². The molecule has 1 atom stereocenters. The standard InChI is InChI=1S/C13H20O2/c1-11(15-13(2,3)4)14-10-12-8-6-5-7-9-12/h5-9,11H,10H2,1-4H3. The summed E-state index contributed by atoms with van der Waals surface area (Å²) in [4.78, 5) is 0. The molecule has 0 aliphatic carbocycles. The SMILES string of the molecule is CC(OCc1ccccc1)OC(C)(C)C. The third-order valence-electron chi connectivity index (χ3n) is 1.85. The second kappa shape index (κ2) is 5.29. The van der Waals surface area contributed by atoms with E-state index >= 15 is 0 Å². The molecule has 0 fully saturated rings. The van der Waals surface area contributed by atoms with Crippen molar-refractivity contribution >= 4 is 0 Å². The summed E-state index contributed by atoms with van der Waals surface area (Å²) in [5, 5.41) is 0. The van der Waals surface area contributed by atoms with Crippen molar-refractivity contribution in [1.82, 2.24) is 0 Å². The van der Waals surface area contributed by atoms with Crippen LogP contribution in [0.2, 0.25) is 0 Å². The van der Waals surface area contributed by atoms with Crippen molar-refractivity contribution in [1.29, 1.82) is 0 Å². The zero-order chi connectivity index (χ0) is 11.3. The highest BCUT2D eigenvalue weighted by molar-refractivity contribution is 5.13. The number of ether oxygens (including phenoxy) is 2. The van der Waals surface area contributed by atoms with Crippen molar-refractivity contribution in [2.45, 2.75) is 46.2 Å². The zero-order valence-corrected chi connectivity index (χ0v) is 9.99. The lowest BCUT2D eigenvalue weighted by atomic mass is 10.2. The van der Waals surface area contributed by atoms with Crippen molar-refractivity contribution in [3.8, 4) is 0 Å². The van der Waals surface area contributed by atoms with Crippen LogP contribution in [0.15, 0.2) is 30.3 Å². The fourth-order valence-electron chi connectivity index (χ4n) is 1.32. The van der Waals surface area contributed by atoms with Crippen LogP contribution in [0.25, 0.3) is 0 Å². The highest BCUT2D eigenvalue weighted by atomic mass is 16.7. The first kappa shape index (κ1) is 12.2. The molecule has 1 aromatic rings. The molecule has 0 aromatic heterocycles. The lowest BCUT2D eigenvalue weighted by Gasteiger charge is -2.24. The van der Waals surface area contributed by atoms with E-state index in [1.54, 1.807) is 0 Å². The number of hydrogen-bond donors (Lipinski definition) is 0. The Morgan fingerprint density at radius 3 is 2.27 bits per heavy atom. The fraction of sp³-hybridized carbons (Fsp3) is 0.538. The quantitative estimate of drug-likeness (QED) is 0.706. The summed E-state index contributed by atoms with van der Waals surface area (Å²) in [5.74, 6) is 0. The molecule has 0 saturated carbocycles. The second-order valence-corrected chi connectivity index (χ2v) is 4.59. The van der Waals surface area contributed by atoms with E-state index in [9.17, 15) is 0 Å². The molecule has 0 heterocycles. The van der Waals surface area contributed by atoms with Gasteiger partial charge in [-0.3, -0.25) is 0 Å². The molecule has 2 nitrogen and oxygen atoms in total. The molecular weight excluding hydrogens is 188 g/mol. The maximum Gasteiger partial charge on any atom is 0.155 e. The van der Waals surface area contributed by atoms with Gasteiger partial charge in [0.1, 0.15) is 0 Å². The van der Waals surface area contributed by atoms with Crippen LogP contribution in [0.3, 0.4) is 0 Å². The summed E-state index contributed by atoms with van der Waals surface area (Å²) < 4.78 is 11.2. The molecule has 0 radical (unpaired) electrons. The first-order valence-corrected chi connectivity index (χ1v) is 5.31. The highest BCUT2D eigenvalue weighted by Crippen LogP contribution is 2.12. The Morgan fingerprint density at radius 1 is 1.13 bits per heavy atom. The van der Waals surface area contributed by atoms with Crippen molar-refractivity contribution in [3.05, 3.63) is 35.9 Å². The van der Waals surface area contributed by atoms with Crippen LogP contribution < -0.4 is 0 Å². The van der Waals surface area contributed by atoms with Gasteiger partial charge in [0.2, 0.25) is 0 Å². The van der Waals surface area contributed by atoms with Crippen molar-refractivity contribution in [3.63, 3.8) is 0 Å². The number of rotatable bonds is 4. The van der Waals surface area contributed by atoms with Crippen molar-refractivity contribution < 1.29 is 9.47 Å². The Morgan fingerprint density at radius 2 is 1.73 bits per heavy atom. The van der Waals surface area contributed by atoms with Crippen molar-refractivity contribution in [2.24, 2.45) is 0 Å². The number of benzene rings is 1. The summed E-state index contributed by atoms with van der Waals surface area (Å²) in [7, 11) is 0. The molecule has 1 unspecified atom stereocenters. The number of hydrogen-bond acceptors (Lipinski definition) is 2. The van der Waals surface area contributed by atoms with Crippen LogP contribution in [0.4, 0.5) is 0 Å². The van der Waals surface area contributed by atoms with E-state index in [-0.39, 0.29) is 11.9 Å². The zero-order valence-electron chi connectivity index (χ0n) is 9.99. The Balaban J connectivity index is 2.32. The van der Waals surface area contributed by atoms with Crippen LogP contribution in [0, 0.1) is 0 Å². The van der Waals surface area contributed by atoms with Gasteiger partial charge in [-0.15, -0.1) is 0 Å². The van der Waals surface area contributed by atoms with Gasteiger partial charge in [0.25, 0.3) is 0 Å². The first-order chi connectivity index (χ1) is 6.97. The Labute approximate surface area is 92.2 Å². The van der Waals surface area contributed by atoms with E-state index in [2.05, 4.69) is 0 Å². The molecule has 0 amide bonds. The van der Waals surface area contributed by atoms with Gasteiger partial charge in [0.05, 0.1) is 12.2 Å². The van der Waals surface area contributed by atoms with Gasteiger partial charge < -0.3 is 9.47 Å². The molecule has 0 spiro atoms. The molecule has 15 heavy (non-hydrogen) atoms. The van der Waals surface area contributed by atoms with E-state index in [0.29, 0.717) is 6.61 Å². The minimum absolute atomic E-state index is 0.157. The van der Waals surface area contributed by atoms with Crippen LogP contribution in [0.5, 0.6) is 0 Å². The van der Waals surface area contributed by atoms with E-state index in [1.165, 1.54) is 5.56 Å². The average molecular weight is 208 g/mol. The minimum Gasteiger partial charge on any atom is -0.348 e. The second-order valence-electron chi connectivity index (χ2n) is 4.59. The van der Waals surface area contributed by atoms with Gasteiger partial charge in [-0.05, 0) is 33.3 Å². The lowest BCUT2D eigenvalue weighted by Crippen LogP contribution is -2.27. The molecule has 2 heteroatoms. The molecule has 0 N–H and O–H groups in total. The van der Waals surface area contributed by atoms with Crippen LogP contribution in [0.1, 0.15) is 33.3 Å². The van der Waals surface area contributed by atoms with Gasteiger partial charge in [0, 0.05) is 0 Å². The minimum atomic E-state index is -0.176. The predicted molar refractivity (Wildman–Crippen MR) is 61.5 cm³/mol. The van der Waals surface area contributed by atoms with Crippen molar-refractivity contribution in [2.75, 3.05) is 0 Å². The lowest BCUT2D eigenvalue weighted by molar-refractivity contribution is -0.190. The average Bonchev–Trinajstić information content (AvgIpc) is 2.14. The van der Waals surface area contributed by atoms with E-state index in [0.717, 1.165) is 0 Å². The monoisotopic (exact) mass is 208 g/mol. The Hall–Kier alpha value is -0.860. The molecular formula is C13H20O2. The van der Waals surface area contributed by atoms with Gasteiger partial charge in [-0.1, -0.05) is 30.3 Å². The molecule has 0 bridgehead atoms. The third kappa shape index (κ3) is 5.55. The molecule has 0 aliphatic rings. The molecule has 1 aromatic carbocycles. The largest absolute Gasteiger partial charge is 0.348 e. The maximum absolute atomic E-state index is 5.64. The van der Waals surface area contributed by atoms with Crippen LogP contribution in [-0.2, 0) is 16.1 Å². The van der Waals surface area contributed by atoms with Gasteiger partial charge in [-0.25, -0.2) is 0 Å². The Bertz CT molecular complexity index is 274. The summed E-state index contributed by atoms with van der Waals surface area (Å²) in [6.45, 7) is 8.59. The van der Waals surface area contributed by atoms with Crippen LogP contribution in [-0.4, -0.2) is 11.9 Å². The first-order valence-electron chi connectivity index (χ1n) is 5.31. The summed E-state index contributed by atoms with van der Waals surface area (Å²) in [6.07, 6.45) is -0.176. The maximum atomic E-state index is 5.64. The third-order valence-corrected chi connectivity index (χ3v) is 1.85. The van der Waals surface area contributed by atoms with E-state index in [4.69, 9.17) is 9.47 Å². The molecule has 0 aliphatic heterocycles. The van der Waals surface area contributed by atoms with Gasteiger partial charge in [-0.2, -0.15) is 0 Å². The van der Waals surface area contributed by atoms with Crippen LogP contribution >= 0.6 is 0 Å². The summed E-state index contributed by atoms with van der Waals surface area (Å²) >= 11 is 0. The molecule has 0 saturated heterocycles. The molecule has 1 rings (SSSR count). The van der Waals surface area contributed by atoms with Gasteiger partial charge in [0.15, 0.2) is 6.29 Å². The van der Waals surface area contributed by atoms with E-state index in [1.807, 2.05) is 58.0 Å². The fourth-order valence-corrected chi connectivity index (χ4v) is 1.32. The van der Waals surface area contributed by atoms with Gasteiger partial charge >= 0.3 is 0 Å².